The molecule has 5 rings (SSSR count). The van der Waals surface area contributed by atoms with Crippen LogP contribution in [0, 0.1) is 5.82 Å². The molecule has 46 heavy (non-hydrogen) atoms. The minimum absolute atomic E-state index is 0.0170. The highest BCUT2D eigenvalue weighted by atomic mass is 19.4. The summed E-state index contributed by atoms with van der Waals surface area (Å²) in [5.74, 6) is -2.11. The summed E-state index contributed by atoms with van der Waals surface area (Å²) in [6.07, 6.45) is -6.23. The second-order valence-electron chi connectivity index (χ2n) is 10.5. The predicted molar refractivity (Wildman–Crippen MR) is 158 cm³/mol. The van der Waals surface area contributed by atoms with Crippen LogP contribution in [0.2, 0.25) is 0 Å². The fourth-order valence-electron chi connectivity index (χ4n) is 5.09. The summed E-state index contributed by atoms with van der Waals surface area (Å²) in [6.45, 7) is -0.715. The fourth-order valence-corrected chi connectivity index (χ4v) is 5.09. The second kappa shape index (κ2) is 12.6. The van der Waals surface area contributed by atoms with Gasteiger partial charge >= 0.3 is 18.2 Å². The van der Waals surface area contributed by atoms with Gasteiger partial charge in [-0.2, -0.15) is 13.2 Å². The quantitative estimate of drug-likeness (QED) is 0.315. The molecular weight excluding hydrogens is 614 g/mol. The van der Waals surface area contributed by atoms with Gasteiger partial charge in [0.2, 0.25) is 5.88 Å². The smallest absolute Gasteiger partial charge is 0.416 e. The first-order valence-corrected chi connectivity index (χ1v) is 13.7. The van der Waals surface area contributed by atoms with Crippen LogP contribution >= 0.6 is 0 Å². The average Bonchev–Trinajstić information content (AvgIpc) is 3.38. The maximum Gasteiger partial charge on any atom is 0.416 e. The van der Waals surface area contributed by atoms with E-state index in [4.69, 9.17) is 4.74 Å². The second-order valence-corrected chi connectivity index (χ2v) is 10.5. The SMILES string of the molecule is CNC(=O)Nc1ccc(N2NC3C(=C2CN(C)C)C(=O)N(c2ccc(OC)nn2)C(=O)N3Cc2c(F)cccc2C(F)(F)F)cc1. The van der Waals surface area contributed by atoms with E-state index in [9.17, 15) is 27.6 Å². The van der Waals surface area contributed by atoms with E-state index >= 15 is 4.39 Å². The molecule has 2 aromatic carbocycles. The van der Waals surface area contributed by atoms with Crippen LogP contribution in [-0.4, -0.2) is 78.9 Å². The largest absolute Gasteiger partial charge is 0.480 e. The Kier molecular flexibility index (Phi) is 8.80. The van der Waals surface area contributed by atoms with Crippen LogP contribution in [0.4, 0.5) is 44.3 Å². The van der Waals surface area contributed by atoms with E-state index in [1.807, 2.05) is 0 Å². The lowest BCUT2D eigenvalue weighted by Gasteiger charge is -2.39. The van der Waals surface area contributed by atoms with E-state index in [-0.39, 0.29) is 23.8 Å². The number of carbonyl (C=O) groups excluding carboxylic acids is 3. The number of alkyl halides is 3. The highest BCUT2D eigenvalue weighted by molar-refractivity contribution is 6.23. The molecule has 3 aromatic rings. The van der Waals surface area contributed by atoms with Crippen molar-refractivity contribution in [2.45, 2.75) is 18.9 Å². The number of amides is 5. The summed E-state index contributed by atoms with van der Waals surface area (Å²) in [7, 11) is 6.29. The van der Waals surface area contributed by atoms with Gasteiger partial charge in [0, 0.05) is 30.9 Å². The molecule has 17 heteroatoms. The van der Waals surface area contributed by atoms with Gasteiger partial charge in [0.15, 0.2) is 5.82 Å². The number of nitrogens with one attached hydrogen (secondary N) is 3. The molecule has 1 saturated heterocycles. The molecule has 3 N–H and O–H groups in total. The molecule has 0 radical (unpaired) electrons. The van der Waals surface area contributed by atoms with Crippen LogP contribution in [0.25, 0.3) is 0 Å². The third-order valence-electron chi connectivity index (χ3n) is 7.18. The zero-order valence-electron chi connectivity index (χ0n) is 25.0. The number of methoxy groups -OCH3 is 1. The van der Waals surface area contributed by atoms with Crippen LogP contribution < -0.4 is 30.7 Å². The van der Waals surface area contributed by atoms with Crippen molar-refractivity contribution in [1.82, 2.24) is 30.7 Å². The Balaban J connectivity index is 1.65. The molecule has 0 spiro atoms. The summed E-state index contributed by atoms with van der Waals surface area (Å²) in [5, 5.41) is 14.4. The van der Waals surface area contributed by atoms with Crippen molar-refractivity contribution in [3.8, 4) is 5.88 Å². The van der Waals surface area contributed by atoms with Gasteiger partial charge in [-0.3, -0.25) is 14.7 Å². The number of aromatic nitrogens is 2. The Labute approximate surface area is 260 Å². The van der Waals surface area contributed by atoms with E-state index in [0.717, 1.165) is 23.1 Å². The van der Waals surface area contributed by atoms with Gasteiger partial charge in [0.05, 0.1) is 36.2 Å². The number of imide groups is 1. The zero-order valence-corrected chi connectivity index (χ0v) is 25.0. The number of benzene rings is 2. The third-order valence-corrected chi connectivity index (χ3v) is 7.18. The van der Waals surface area contributed by atoms with Gasteiger partial charge in [-0.1, -0.05) is 6.07 Å². The molecule has 3 heterocycles. The highest BCUT2D eigenvalue weighted by Crippen LogP contribution is 2.39. The topological polar surface area (TPSA) is 135 Å². The molecule has 1 aromatic heterocycles. The van der Waals surface area contributed by atoms with Crippen LogP contribution in [0.3, 0.4) is 0 Å². The van der Waals surface area contributed by atoms with Crippen LogP contribution in [0.1, 0.15) is 11.1 Å². The Morgan fingerprint density at radius 3 is 2.37 bits per heavy atom. The molecule has 5 amide bonds. The third kappa shape index (κ3) is 6.14. The molecule has 2 aliphatic heterocycles. The number of hydrogen-bond acceptors (Lipinski definition) is 9. The summed E-state index contributed by atoms with van der Waals surface area (Å²) < 4.78 is 62.1. The lowest BCUT2D eigenvalue weighted by Crippen LogP contribution is -2.62. The molecule has 0 aliphatic carbocycles. The molecule has 1 unspecified atom stereocenters. The van der Waals surface area contributed by atoms with Crippen molar-refractivity contribution in [2.75, 3.05) is 50.0 Å². The van der Waals surface area contributed by atoms with E-state index < -0.39 is 53.8 Å². The molecule has 1 atom stereocenters. The van der Waals surface area contributed by atoms with Gasteiger partial charge in [-0.25, -0.2) is 24.3 Å². The predicted octanol–water partition coefficient (Wildman–Crippen LogP) is 3.53. The molecule has 2 aliphatic rings. The van der Waals surface area contributed by atoms with Crippen molar-refractivity contribution < 1.29 is 36.7 Å². The van der Waals surface area contributed by atoms with E-state index in [2.05, 4.69) is 26.3 Å². The van der Waals surface area contributed by atoms with Crippen LogP contribution in [0.5, 0.6) is 5.88 Å². The van der Waals surface area contributed by atoms with Crippen molar-refractivity contribution in [1.29, 1.82) is 0 Å². The monoisotopic (exact) mass is 643 g/mol. The van der Waals surface area contributed by atoms with Gasteiger partial charge in [-0.05, 0) is 56.6 Å². The Hall–Kier alpha value is -5.29. The summed E-state index contributed by atoms with van der Waals surface area (Å²) in [4.78, 5) is 43.4. The lowest BCUT2D eigenvalue weighted by atomic mass is 10.0. The van der Waals surface area contributed by atoms with E-state index in [1.165, 1.54) is 31.3 Å². The average molecular weight is 644 g/mol. The number of carbonyl (C=O) groups is 3. The lowest BCUT2D eigenvalue weighted by molar-refractivity contribution is -0.138. The maximum absolute atomic E-state index is 15.1. The zero-order chi connectivity index (χ0) is 33.3. The minimum Gasteiger partial charge on any atom is -0.480 e. The molecule has 0 saturated carbocycles. The van der Waals surface area contributed by atoms with E-state index in [0.29, 0.717) is 22.0 Å². The number of hydrazine groups is 1. The molecule has 13 nitrogen and oxygen atoms in total. The number of urea groups is 2. The number of halogens is 4. The summed E-state index contributed by atoms with van der Waals surface area (Å²) in [5.41, 5.74) is 2.33. The first-order chi connectivity index (χ1) is 21.8. The fraction of sp³-hybridized carbons (Fsp3) is 0.276. The van der Waals surface area contributed by atoms with Crippen molar-refractivity contribution in [2.24, 2.45) is 0 Å². The van der Waals surface area contributed by atoms with Crippen molar-refractivity contribution in [3.05, 3.63) is 82.8 Å². The Morgan fingerprint density at radius 2 is 1.78 bits per heavy atom. The normalized spacial score (nSPS) is 16.7. The number of hydrogen-bond donors (Lipinski definition) is 3. The number of rotatable bonds is 8. The van der Waals surface area contributed by atoms with E-state index in [1.54, 1.807) is 43.3 Å². The summed E-state index contributed by atoms with van der Waals surface area (Å²) in [6, 6.07) is 10.2. The molecule has 1 fully saturated rings. The minimum atomic E-state index is -4.93. The standard InChI is InChI=1S/C29H29F4N9O4/c1-34-27(44)35-16-8-10-17(11-9-16)42-21(15-39(2)3)24-25(38-42)40(14-18-19(29(31,32)33)6-5-7-20(18)30)28(45)41(26(24)43)22-12-13-23(46-4)37-36-22/h5-13,25,38H,14-15H2,1-4H3,(H2,34,35,44). The number of nitrogens with zero attached hydrogens (tertiary/aromatic N) is 6. The van der Waals surface area contributed by atoms with Gasteiger partial charge in [-0.15, -0.1) is 10.2 Å². The number of likely N-dealkylation sites (N-methyl/N-ethyl adjacent to an activating group) is 1. The first kappa shape index (κ1) is 32.1. The number of ether oxygens (including phenoxy) is 1. The van der Waals surface area contributed by atoms with Crippen LogP contribution in [0.15, 0.2) is 65.9 Å². The van der Waals surface area contributed by atoms with Gasteiger partial charge in [0.25, 0.3) is 5.91 Å². The molecule has 242 valence electrons. The highest BCUT2D eigenvalue weighted by Gasteiger charge is 2.51. The number of fused-ring (bicyclic) bond motifs is 1. The summed E-state index contributed by atoms with van der Waals surface area (Å²) >= 11 is 0. The Morgan fingerprint density at radius 1 is 1.07 bits per heavy atom. The van der Waals surface area contributed by atoms with Gasteiger partial charge < -0.3 is 20.3 Å². The van der Waals surface area contributed by atoms with Crippen LogP contribution in [-0.2, 0) is 17.5 Å². The molecule has 0 bridgehead atoms. The van der Waals surface area contributed by atoms with Crippen molar-refractivity contribution in [3.63, 3.8) is 0 Å². The number of anilines is 3. The molecular formula is C29H29F4N9O4. The maximum atomic E-state index is 15.1. The first-order valence-electron chi connectivity index (χ1n) is 13.7. The van der Waals surface area contributed by atoms with Gasteiger partial charge in [0.1, 0.15) is 12.0 Å². The Bertz CT molecular complexity index is 1680. The van der Waals surface area contributed by atoms with Crippen molar-refractivity contribution >= 4 is 35.2 Å².